The molecule has 11 heteroatoms. The van der Waals surface area contributed by atoms with Crippen molar-refractivity contribution < 1.29 is 27.4 Å². The number of amidine groups is 1. The second-order valence-electron chi connectivity index (χ2n) is 7.04. The maximum absolute atomic E-state index is 14.9. The van der Waals surface area contributed by atoms with Gasteiger partial charge >= 0.3 is 6.61 Å². The van der Waals surface area contributed by atoms with Crippen LogP contribution in [0.2, 0.25) is 0 Å². The number of nitrogens with two attached hydrogens (primary N) is 1. The Morgan fingerprint density at radius 2 is 2.19 bits per heavy atom. The van der Waals surface area contributed by atoms with Crippen molar-refractivity contribution in [2.75, 3.05) is 18.5 Å². The molecule has 7 nitrogen and oxygen atoms in total. The Balaban J connectivity index is 1.58. The van der Waals surface area contributed by atoms with Crippen molar-refractivity contribution >= 4 is 28.5 Å². The van der Waals surface area contributed by atoms with Crippen molar-refractivity contribution in [2.24, 2.45) is 16.6 Å². The Kier molecular flexibility index (Phi) is 6.05. The molecule has 0 spiro atoms. The number of anilines is 1. The fourth-order valence-corrected chi connectivity index (χ4v) is 4.90. The highest BCUT2D eigenvalue weighted by Gasteiger charge is 2.49. The summed E-state index contributed by atoms with van der Waals surface area (Å²) in [5.74, 6) is -1.28. The van der Waals surface area contributed by atoms with Crippen molar-refractivity contribution in [1.82, 2.24) is 4.98 Å². The summed E-state index contributed by atoms with van der Waals surface area (Å²) in [6.45, 7) is -2.09. The SMILES string of the molecule is NC1=NC[C@H]2CCCO[C@@]2(c2cc(NC(=O)c3ccc(OC(F)F)cn3)ccc2F)S1. The van der Waals surface area contributed by atoms with Crippen LogP contribution in [0.3, 0.4) is 0 Å². The number of rotatable bonds is 5. The van der Waals surface area contributed by atoms with Gasteiger partial charge < -0.3 is 20.5 Å². The van der Waals surface area contributed by atoms with Gasteiger partial charge in [-0.25, -0.2) is 9.37 Å². The van der Waals surface area contributed by atoms with Crippen LogP contribution >= 0.6 is 11.8 Å². The molecular formula is C20H19F3N4O3S. The van der Waals surface area contributed by atoms with Gasteiger partial charge in [0.2, 0.25) is 0 Å². The Bertz CT molecular complexity index is 1010. The maximum atomic E-state index is 14.9. The number of thioether (sulfide) groups is 1. The highest BCUT2D eigenvalue weighted by molar-refractivity contribution is 8.14. The normalized spacial score (nSPS) is 23.1. The maximum Gasteiger partial charge on any atom is 0.387 e. The summed E-state index contributed by atoms with van der Waals surface area (Å²) in [6.07, 6.45) is 2.69. The summed E-state index contributed by atoms with van der Waals surface area (Å²) in [5, 5.41) is 2.97. The van der Waals surface area contributed by atoms with E-state index in [4.69, 9.17) is 10.5 Å². The van der Waals surface area contributed by atoms with Gasteiger partial charge in [-0.05, 0) is 54.9 Å². The molecule has 3 N–H and O–H groups in total. The number of alkyl halides is 2. The number of ether oxygens (including phenoxy) is 2. The molecule has 0 bridgehead atoms. The van der Waals surface area contributed by atoms with E-state index in [9.17, 15) is 18.0 Å². The fraction of sp³-hybridized carbons (Fsp3) is 0.350. The molecule has 2 atom stereocenters. The molecule has 2 aromatic rings. The molecular weight excluding hydrogens is 433 g/mol. The lowest BCUT2D eigenvalue weighted by Gasteiger charge is -2.45. The van der Waals surface area contributed by atoms with Crippen molar-refractivity contribution in [3.8, 4) is 5.75 Å². The van der Waals surface area contributed by atoms with Gasteiger partial charge in [-0.2, -0.15) is 8.78 Å². The van der Waals surface area contributed by atoms with Gasteiger partial charge in [0.05, 0.1) is 6.20 Å². The highest BCUT2D eigenvalue weighted by atomic mass is 32.2. The van der Waals surface area contributed by atoms with Crippen LogP contribution < -0.4 is 15.8 Å². The summed E-state index contributed by atoms with van der Waals surface area (Å²) in [6, 6.07) is 6.66. The van der Waals surface area contributed by atoms with Crippen LogP contribution in [0, 0.1) is 11.7 Å². The van der Waals surface area contributed by atoms with Gasteiger partial charge in [0, 0.05) is 30.3 Å². The molecule has 0 radical (unpaired) electrons. The van der Waals surface area contributed by atoms with Gasteiger partial charge in [0.15, 0.2) is 10.1 Å². The van der Waals surface area contributed by atoms with Crippen molar-refractivity contribution in [2.45, 2.75) is 24.4 Å². The van der Waals surface area contributed by atoms with Gasteiger partial charge in [0.25, 0.3) is 5.91 Å². The number of aliphatic imine (C=N–C) groups is 1. The number of nitrogens with zero attached hydrogens (tertiary/aromatic N) is 2. The first-order valence-corrected chi connectivity index (χ1v) is 10.3. The van der Waals surface area contributed by atoms with E-state index in [0.717, 1.165) is 19.0 Å². The third-order valence-electron chi connectivity index (χ3n) is 5.07. The topological polar surface area (TPSA) is 98.8 Å². The van der Waals surface area contributed by atoms with Gasteiger partial charge in [0.1, 0.15) is 17.3 Å². The third kappa shape index (κ3) is 4.47. The lowest BCUT2D eigenvalue weighted by Crippen LogP contribution is -2.45. The standard InChI is InChI=1S/C20H19F3N4O3S/c21-15-5-3-12(27-17(28)16-6-4-13(10-25-16)30-18(22)23)8-14(15)20-11(2-1-7-29-20)9-26-19(24)31-20/h3-6,8,10-11,18H,1-2,7,9H2,(H2,24,26)(H,27,28)/t11-,20-/m1/s1. The molecule has 0 saturated carbocycles. The second-order valence-corrected chi connectivity index (χ2v) is 8.27. The average molecular weight is 452 g/mol. The van der Waals surface area contributed by atoms with Crippen LogP contribution in [-0.2, 0) is 9.67 Å². The van der Waals surface area contributed by atoms with E-state index in [-0.39, 0.29) is 22.9 Å². The molecule has 1 saturated heterocycles. The molecule has 3 heterocycles. The number of hydrogen-bond donors (Lipinski definition) is 2. The number of halogens is 3. The number of benzene rings is 1. The first-order chi connectivity index (χ1) is 14.9. The number of amides is 1. The number of fused-ring (bicyclic) bond motifs is 1. The van der Waals surface area contributed by atoms with Crippen LogP contribution in [0.15, 0.2) is 41.5 Å². The number of pyridine rings is 1. The van der Waals surface area contributed by atoms with Gasteiger partial charge in [-0.3, -0.25) is 9.79 Å². The molecule has 1 aromatic heterocycles. The lowest BCUT2D eigenvalue weighted by molar-refractivity contribution is -0.0562. The third-order valence-corrected chi connectivity index (χ3v) is 6.38. The van der Waals surface area contributed by atoms with Crippen LogP contribution in [0.5, 0.6) is 5.75 Å². The molecule has 1 fully saturated rings. The van der Waals surface area contributed by atoms with E-state index in [0.29, 0.717) is 24.0 Å². The van der Waals surface area contributed by atoms with Gasteiger partial charge in [-0.15, -0.1) is 0 Å². The molecule has 164 valence electrons. The number of hydrogen-bond acceptors (Lipinski definition) is 7. The quantitative estimate of drug-likeness (QED) is 0.718. The predicted molar refractivity (Wildman–Crippen MR) is 110 cm³/mol. The Hall–Kier alpha value is -2.79. The monoisotopic (exact) mass is 452 g/mol. The predicted octanol–water partition coefficient (Wildman–Crippen LogP) is 3.72. The zero-order chi connectivity index (χ0) is 22.0. The molecule has 4 rings (SSSR count). The second kappa shape index (κ2) is 8.75. The number of carbonyl (C=O) groups is 1. The van der Waals surface area contributed by atoms with Crippen molar-refractivity contribution in [3.63, 3.8) is 0 Å². The summed E-state index contributed by atoms with van der Waals surface area (Å²) in [4.78, 5) is 19.6. The zero-order valence-electron chi connectivity index (χ0n) is 16.2. The van der Waals surface area contributed by atoms with Crippen LogP contribution in [0.25, 0.3) is 0 Å². The van der Waals surface area contributed by atoms with Crippen molar-refractivity contribution in [3.05, 3.63) is 53.6 Å². The number of nitrogens with one attached hydrogen (secondary N) is 1. The smallest absolute Gasteiger partial charge is 0.387 e. The van der Waals surface area contributed by atoms with E-state index in [1.54, 1.807) is 0 Å². The zero-order valence-corrected chi connectivity index (χ0v) is 17.0. The molecule has 2 aliphatic rings. The number of aromatic nitrogens is 1. The summed E-state index contributed by atoms with van der Waals surface area (Å²) >= 11 is 1.18. The Morgan fingerprint density at radius 3 is 2.94 bits per heavy atom. The number of carbonyl (C=O) groups excluding carboxylic acids is 1. The minimum absolute atomic E-state index is 0.0131. The Labute approximate surface area is 180 Å². The van der Waals surface area contributed by atoms with Crippen LogP contribution in [0.4, 0.5) is 18.9 Å². The van der Waals surface area contributed by atoms with Crippen molar-refractivity contribution in [1.29, 1.82) is 0 Å². The lowest BCUT2D eigenvalue weighted by atomic mass is 9.88. The Morgan fingerprint density at radius 1 is 1.35 bits per heavy atom. The molecule has 1 amide bonds. The minimum Gasteiger partial charge on any atom is -0.433 e. The molecule has 2 aliphatic heterocycles. The van der Waals surface area contributed by atoms with Crippen LogP contribution in [0.1, 0.15) is 28.9 Å². The fourth-order valence-electron chi connectivity index (χ4n) is 3.68. The molecule has 1 aromatic carbocycles. The van der Waals surface area contributed by atoms with Gasteiger partial charge in [-0.1, -0.05) is 0 Å². The summed E-state index contributed by atoms with van der Waals surface area (Å²) in [5.41, 5.74) is 6.53. The van der Waals surface area contributed by atoms with E-state index < -0.39 is 23.3 Å². The molecule has 31 heavy (non-hydrogen) atoms. The molecule has 0 aliphatic carbocycles. The van der Waals surface area contributed by atoms with Crippen LogP contribution in [-0.4, -0.2) is 35.8 Å². The first-order valence-electron chi connectivity index (χ1n) is 9.52. The van der Waals surface area contributed by atoms with E-state index >= 15 is 0 Å². The summed E-state index contributed by atoms with van der Waals surface area (Å²) < 4.78 is 49.6. The van der Waals surface area contributed by atoms with E-state index in [1.807, 2.05) is 0 Å². The minimum atomic E-state index is -2.99. The largest absolute Gasteiger partial charge is 0.433 e. The van der Waals surface area contributed by atoms with E-state index in [2.05, 4.69) is 20.0 Å². The average Bonchev–Trinajstić information content (AvgIpc) is 2.75. The molecule has 0 unspecified atom stereocenters. The highest BCUT2D eigenvalue weighted by Crippen LogP contribution is 2.51. The van der Waals surface area contributed by atoms with E-state index in [1.165, 1.54) is 42.1 Å². The first kappa shape index (κ1) is 21.4. The summed E-state index contributed by atoms with van der Waals surface area (Å²) in [7, 11) is 0.